The van der Waals surface area contributed by atoms with Crippen molar-refractivity contribution in [3.05, 3.63) is 16.9 Å². The number of methoxy groups -OCH3 is 2. The summed E-state index contributed by atoms with van der Waals surface area (Å²) in [6.45, 7) is 0.592. The molecule has 0 aliphatic carbocycles. The third-order valence-corrected chi connectivity index (χ3v) is 3.84. The van der Waals surface area contributed by atoms with E-state index in [0.29, 0.717) is 29.2 Å². The average Bonchev–Trinajstić information content (AvgIpc) is 2.99. The highest BCUT2D eigenvalue weighted by Gasteiger charge is 2.25. The minimum absolute atomic E-state index is 0.0295. The maximum atomic E-state index is 11.4. The zero-order chi connectivity index (χ0) is 14.3. The fourth-order valence-electron chi connectivity index (χ4n) is 2.59. The van der Waals surface area contributed by atoms with E-state index in [4.69, 9.17) is 21.7 Å². The highest BCUT2D eigenvalue weighted by atomic mass is 32.1. The first-order valence-electron chi connectivity index (χ1n) is 6.27. The molecule has 2 heterocycles. The van der Waals surface area contributed by atoms with Gasteiger partial charge < -0.3 is 24.3 Å². The smallest absolute Gasteiger partial charge is 0.222 e. The summed E-state index contributed by atoms with van der Waals surface area (Å²) in [5.74, 6) is 1.33. The van der Waals surface area contributed by atoms with Gasteiger partial charge in [-0.15, -0.1) is 0 Å². The summed E-state index contributed by atoms with van der Waals surface area (Å²) in [6.07, 6.45) is 0.440. The second-order valence-corrected chi connectivity index (χ2v) is 5.07. The Morgan fingerprint density at radius 1 is 1.30 bits per heavy atom. The van der Waals surface area contributed by atoms with Gasteiger partial charge in [0, 0.05) is 25.1 Å². The Kier molecular flexibility index (Phi) is 3.13. The van der Waals surface area contributed by atoms with Gasteiger partial charge in [-0.1, -0.05) is 0 Å². The Hall–Kier alpha value is -2.02. The molecule has 3 rings (SSSR count). The summed E-state index contributed by atoms with van der Waals surface area (Å²) in [5, 5.41) is 2.83. The number of carbonyl (C=O) groups is 1. The van der Waals surface area contributed by atoms with E-state index in [0.717, 1.165) is 11.0 Å². The summed E-state index contributed by atoms with van der Waals surface area (Å²) in [4.78, 5) is 14.6. The van der Waals surface area contributed by atoms with Gasteiger partial charge in [-0.25, -0.2) is 0 Å². The molecule has 1 aromatic heterocycles. The van der Waals surface area contributed by atoms with E-state index in [1.807, 2.05) is 16.7 Å². The Morgan fingerprint density at radius 2 is 2.00 bits per heavy atom. The summed E-state index contributed by atoms with van der Waals surface area (Å²) < 4.78 is 13.2. The van der Waals surface area contributed by atoms with Gasteiger partial charge in [0.25, 0.3) is 0 Å². The van der Waals surface area contributed by atoms with Crippen LogP contribution in [0.3, 0.4) is 0 Å². The molecule has 1 amide bonds. The largest absolute Gasteiger partial charge is 0.493 e. The van der Waals surface area contributed by atoms with Crippen LogP contribution in [0.5, 0.6) is 11.5 Å². The fourth-order valence-corrected chi connectivity index (χ4v) is 2.94. The fraction of sp³-hybridized carbons (Fsp3) is 0.385. The van der Waals surface area contributed by atoms with Crippen molar-refractivity contribution in [3.63, 3.8) is 0 Å². The van der Waals surface area contributed by atoms with Crippen molar-refractivity contribution in [2.75, 3.05) is 20.8 Å². The Balaban J connectivity index is 2.19. The number of rotatable bonds is 3. The molecule has 106 valence electrons. The van der Waals surface area contributed by atoms with Crippen molar-refractivity contribution in [2.45, 2.75) is 12.5 Å². The lowest BCUT2D eigenvalue weighted by Crippen LogP contribution is -2.15. The third kappa shape index (κ3) is 1.94. The van der Waals surface area contributed by atoms with Gasteiger partial charge >= 0.3 is 0 Å². The number of H-pyrrole nitrogens is 1. The number of fused-ring (bicyclic) bond motifs is 1. The van der Waals surface area contributed by atoms with Gasteiger partial charge in [0.05, 0.1) is 31.3 Å². The van der Waals surface area contributed by atoms with Gasteiger partial charge in [0.15, 0.2) is 16.3 Å². The number of imidazole rings is 1. The molecule has 0 spiro atoms. The molecule has 2 aromatic rings. The molecular formula is C13H15N3O3S. The molecule has 1 fully saturated rings. The second kappa shape index (κ2) is 4.82. The first-order valence-corrected chi connectivity index (χ1v) is 6.67. The van der Waals surface area contributed by atoms with Crippen LogP contribution in [0.15, 0.2) is 12.1 Å². The van der Waals surface area contributed by atoms with Crippen LogP contribution in [0.1, 0.15) is 12.5 Å². The van der Waals surface area contributed by atoms with Crippen LogP contribution in [0.4, 0.5) is 0 Å². The predicted molar refractivity (Wildman–Crippen MR) is 76.9 cm³/mol. The zero-order valence-corrected chi connectivity index (χ0v) is 12.0. The number of nitrogens with zero attached hydrogens (tertiary/aromatic N) is 1. The molecule has 7 heteroatoms. The van der Waals surface area contributed by atoms with Crippen LogP contribution in [-0.2, 0) is 4.79 Å². The number of amides is 1. The van der Waals surface area contributed by atoms with Crippen LogP contribution in [0.2, 0.25) is 0 Å². The Labute approximate surface area is 120 Å². The van der Waals surface area contributed by atoms with E-state index in [9.17, 15) is 4.79 Å². The summed E-state index contributed by atoms with van der Waals surface area (Å²) in [7, 11) is 3.19. The molecule has 1 aliphatic heterocycles. The van der Waals surface area contributed by atoms with E-state index in [1.54, 1.807) is 14.2 Å². The molecule has 0 bridgehead atoms. The van der Waals surface area contributed by atoms with Crippen molar-refractivity contribution >= 4 is 29.2 Å². The van der Waals surface area contributed by atoms with Crippen molar-refractivity contribution in [2.24, 2.45) is 0 Å². The quantitative estimate of drug-likeness (QED) is 0.846. The summed E-state index contributed by atoms with van der Waals surface area (Å²) in [6, 6.07) is 3.76. The van der Waals surface area contributed by atoms with Gasteiger partial charge in [-0.3, -0.25) is 4.79 Å². The maximum absolute atomic E-state index is 11.4. The number of hydrogen-bond donors (Lipinski definition) is 2. The molecule has 1 saturated heterocycles. The lowest BCUT2D eigenvalue weighted by molar-refractivity contribution is -0.119. The monoisotopic (exact) mass is 293 g/mol. The molecule has 6 nitrogen and oxygen atoms in total. The number of benzene rings is 1. The Bertz CT molecular complexity index is 734. The molecule has 1 aromatic carbocycles. The van der Waals surface area contributed by atoms with Crippen LogP contribution in [0, 0.1) is 4.77 Å². The lowest BCUT2D eigenvalue weighted by atomic mass is 10.2. The number of nitrogens with one attached hydrogen (secondary N) is 2. The van der Waals surface area contributed by atoms with Crippen molar-refractivity contribution in [1.29, 1.82) is 0 Å². The minimum atomic E-state index is 0.0295. The highest BCUT2D eigenvalue weighted by Crippen LogP contribution is 2.33. The molecule has 20 heavy (non-hydrogen) atoms. The van der Waals surface area contributed by atoms with Gasteiger partial charge in [-0.2, -0.15) is 0 Å². The first-order chi connectivity index (χ1) is 9.63. The molecule has 0 saturated carbocycles. The molecule has 1 aliphatic rings. The molecule has 1 unspecified atom stereocenters. The maximum Gasteiger partial charge on any atom is 0.222 e. The first kappa shape index (κ1) is 13.0. The van der Waals surface area contributed by atoms with E-state index >= 15 is 0 Å². The van der Waals surface area contributed by atoms with Crippen LogP contribution in [0.25, 0.3) is 11.0 Å². The Morgan fingerprint density at radius 3 is 2.60 bits per heavy atom. The van der Waals surface area contributed by atoms with Gasteiger partial charge in [-0.05, 0) is 12.2 Å². The number of carbonyl (C=O) groups excluding carboxylic acids is 1. The average molecular weight is 293 g/mol. The van der Waals surface area contributed by atoms with E-state index in [2.05, 4.69) is 10.3 Å². The second-order valence-electron chi connectivity index (χ2n) is 4.69. The molecule has 2 N–H and O–H groups in total. The van der Waals surface area contributed by atoms with Crippen molar-refractivity contribution in [3.8, 4) is 11.5 Å². The van der Waals surface area contributed by atoms with Crippen LogP contribution >= 0.6 is 12.2 Å². The zero-order valence-electron chi connectivity index (χ0n) is 11.2. The standard InChI is InChI=1S/C13H15N3O3S/c1-18-10-4-8-9(5-11(10)19-2)16(13(20)15-8)7-3-12(17)14-6-7/h4-5,7H,3,6H2,1-2H3,(H,14,17)(H,15,20). The molecule has 1 atom stereocenters. The molecule has 0 radical (unpaired) electrons. The summed E-state index contributed by atoms with van der Waals surface area (Å²) >= 11 is 5.37. The normalized spacial score (nSPS) is 18.3. The van der Waals surface area contributed by atoms with Crippen LogP contribution < -0.4 is 14.8 Å². The van der Waals surface area contributed by atoms with Gasteiger partial charge in [0.2, 0.25) is 5.91 Å². The number of hydrogen-bond acceptors (Lipinski definition) is 4. The number of aromatic nitrogens is 2. The molecular weight excluding hydrogens is 278 g/mol. The number of ether oxygens (including phenoxy) is 2. The lowest BCUT2D eigenvalue weighted by Gasteiger charge is -2.12. The minimum Gasteiger partial charge on any atom is -0.493 e. The summed E-state index contributed by atoms with van der Waals surface area (Å²) in [5.41, 5.74) is 1.78. The van der Waals surface area contributed by atoms with E-state index in [-0.39, 0.29) is 11.9 Å². The highest BCUT2D eigenvalue weighted by molar-refractivity contribution is 7.71. The SMILES string of the molecule is COc1cc2[nH]c(=S)n(C3CNC(=O)C3)c2cc1OC. The number of aromatic amines is 1. The van der Waals surface area contributed by atoms with Crippen LogP contribution in [-0.4, -0.2) is 36.2 Å². The van der Waals surface area contributed by atoms with Crippen molar-refractivity contribution < 1.29 is 14.3 Å². The van der Waals surface area contributed by atoms with E-state index < -0.39 is 0 Å². The topological polar surface area (TPSA) is 68.3 Å². The van der Waals surface area contributed by atoms with Gasteiger partial charge in [0.1, 0.15) is 0 Å². The third-order valence-electron chi connectivity index (χ3n) is 3.54. The van der Waals surface area contributed by atoms with Crippen molar-refractivity contribution in [1.82, 2.24) is 14.9 Å². The van der Waals surface area contributed by atoms with E-state index in [1.165, 1.54) is 0 Å². The predicted octanol–water partition coefficient (Wildman–Crippen LogP) is 1.78.